The van der Waals surface area contributed by atoms with Crippen molar-refractivity contribution in [1.29, 1.82) is 0 Å². The van der Waals surface area contributed by atoms with Gasteiger partial charge in [-0.25, -0.2) is 23.5 Å². The zero-order chi connectivity index (χ0) is 23.2. The fourth-order valence-corrected chi connectivity index (χ4v) is 4.62. The zero-order valence-corrected chi connectivity index (χ0v) is 20.4. The largest absolute Gasteiger partial charge is 0.444 e. The van der Waals surface area contributed by atoms with E-state index >= 15 is 0 Å². The highest BCUT2D eigenvalue weighted by atomic mass is 127. The lowest BCUT2D eigenvalue weighted by Crippen LogP contribution is -2.54. The highest BCUT2D eigenvalue weighted by molar-refractivity contribution is 14.1. The van der Waals surface area contributed by atoms with Gasteiger partial charge < -0.3 is 14.5 Å². The van der Waals surface area contributed by atoms with Gasteiger partial charge in [0.1, 0.15) is 29.4 Å². The van der Waals surface area contributed by atoms with E-state index in [4.69, 9.17) is 4.74 Å². The van der Waals surface area contributed by atoms with E-state index in [2.05, 4.69) is 37.5 Å². The van der Waals surface area contributed by atoms with Crippen molar-refractivity contribution >= 4 is 45.5 Å². The quantitative estimate of drug-likeness (QED) is 0.428. The summed E-state index contributed by atoms with van der Waals surface area (Å²) in [6.45, 7) is 9.13. The van der Waals surface area contributed by atoms with Gasteiger partial charge in [0.25, 0.3) is 0 Å². The molecule has 0 saturated carbocycles. The number of fused-ring (bicyclic) bond motifs is 1. The Morgan fingerprint density at radius 1 is 1.16 bits per heavy atom. The summed E-state index contributed by atoms with van der Waals surface area (Å²) < 4.78 is 35.6. The molecule has 1 amide bonds. The second-order valence-corrected chi connectivity index (χ2v) is 10.0. The highest BCUT2D eigenvalue weighted by Gasteiger charge is 2.32. The van der Waals surface area contributed by atoms with Crippen LogP contribution in [0.4, 0.5) is 19.4 Å². The Bertz CT molecular complexity index is 1160. The summed E-state index contributed by atoms with van der Waals surface area (Å²) >= 11 is 2.18. The van der Waals surface area contributed by atoms with Crippen LogP contribution in [0, 0.1) is 15.2 Å². The molecule has 1 fully saturated rings. The maximum absolute atomic E-state index is 13.8. The minimum absolute atomic E-state index is 0.0138. The lowest BCUT2D eigenvalue weighted by Gasteiger charge is -2.41. The van der Waals surface area contributed by atoms with Crippen molar-refractivity contribution in [3.63, 3.8) is 0 Å². The second-order valence-electron chi connectivity index (χ2n) is 8.84. The van der Waals surface area contributed by atoms with E-state index < -0.39 is 17.2 Å². The van der Waals surface area contributed by atoms with Gasteiger partial charge in [-0.05, 0) is 62.4 Å². The minimum Gasteiger partial charge on any atom is -0.444 e. The van der Waals surface area contributed by atoms with Gasteiger partial charge in [-0.2, -0.15) is 0 Å². The first-order valence-corrected chi connectivity index (χ1v) is 11.3. The van der Waals surface area contributed by atoms with Crippen LogP contribution in [0.5, 0.6) is 0 Å². The SMILES string of the molecule is CC1CN(C(=O)OC(C)(C)C)CCN1c1ncnc2c1c(I)cn2-c1cc(F)cc(F)c1. The number of ether oxygens (including phenoxy) is 1. The molecule has 1 aliphatic rings. The molecule has 4 rings (SSSR count). The number of carbonyl (C=O) groups is 1. The summed E-state index contributed by atoms with van der Waals surface area (Å²) in [6, 6.07) is 3.36. The molecule has 1 saturated heterocycles. The molecule has 1 aromatic carbocycles. The van der Waals surface area contributed by atoms with Crippen molar-refractivity contribution in [2.75, 3.05) is 24.5 Å². The summed E-state index contributed by atoms with van der Waals surface area (Å²) in [5, 5.41) is 0.801. The molecule has 10 heteroatoms. The minimum atomic E-state index is -0.655. The van der Waals surface area contributed by atoms with E-state index in [0.29, 0.717) is 31.0 Å². The summed E-state index contributed by atoms with van der Waals surface area (Å²) in [6.07, 6.45) is 2.91. The molecule has 1 atom stereocenters. The average Bonchev–Trinajstić information content (AvgIpc) is 3.03. The van der Waals surface area contributed by atoms with Gasteiger partial charge in [-0.15, -0.1) is 0 Å². The summed E-state index contributed by atoms with van der Waals surface area (Å²) in [5.41, 5.74) is 0.361. The third-order valence-corrected chi connectivity index (χ3v) is 6.01. The van der Waals surface area contributed by atoms with Crippen LogP contribution in [0.15, 0.2) is 30.7 Å². The molecule has 0 spiro atoms. The van der Waals surface area contributed by atoms with Crippen LogP contribution in [0.25, 0.3) is 16.7 Å². The molecule has 32 heavy (non-hydrogen) atoms. The fourth-order valence-electron chi connectivity index (χ4n) is 3.86. The molecule has 3 aromatic rings. The first-order chi connectivity index (χ1) is 15.0. The van der Waals surface area contributed by atoms with Gasteiger partial charge in [-0.3, -0.25) is 4.57 Å². The second kappa shape index (κ2) is 8.45. The van der Waals surface area contributed by atoms with E-state index in [1.165, 1.54) is 18.5 Å². The number of rotatable bonds is 2. The van der Waals surface area contributed by atoms with Crippen LogP contribution >= 0.6 is 22.6 Å². The third kappa shape index (κ3) is 4.50. The molecule has 2 aromatic heterocycles. The van der Waals surface area contributed by atoms with Gasteiger partial charge in [0.05, 0.1) is 11.1 Å². The Morgan fingerprint density at radius 2 is 1.84 bits per heavy atom. The average molecular weight is 555 g/mol. The first-order valence-electron chi connectivity index (χ1n) is 10.3. The highest BCUT2D eigenvalue weighted by Crippen LogP contribution is 2.33. The molecule has 0 N–H and O–H groups in total. The van der Waals surface area contributed by atoms with Gasteiger partial charge in [0.15, 0.2) is 5.65 Å². The molecule has 0 bridgehead atoms. The molecule has 170 valence electrons. The normalized spacial score (nSPS) is 17.2. The number of benzene rings is 1. The summed E-state index contributed by atoms with van der Waals surface area (Å²) in [5.74, 6) is -0.581. The van der Waals surface area contributed by atoms with Crippen LogP contribution in [-0.4, -0.2) is 56.8 Å². The van der Waals surface area contributed by atoms with E-state index in [1.54, 1.807) is 15.7 Å². The number of halogens is 3. The Balaban J connectivity index is 1.66. The molecule has 1 aliphatic heterocycles. The van der Waals surface area contributed by atoms with Crippen molar-refractivity contribution < 1.29 is 18.3 Å². The van der Waals surface area contributed by atoms with Crippen molar-refractivity contribution in [3.8, 4) is 5.69 Å². The Morgan fingerprint density at radius 3 is 2.47 bits per heavy atom. The zero-order valence-electron chi connectivity index (χ0n) is 18.3. The van der Waals surface area contributed by atoms with Crippen LogP contribution < -0.4 is 4.90 Å². The number of piperazine rings is 1. The standard InChI is InChI=1S/C22H24F2IN5O2/c1-13-10-28(21(31)32-22(2,3)4)5-6-29(13)19-18-17(25)11-30(20(18)27-12-26-19)16-8-14(23)7-15(24)9-16/h7-9,11-13H,5-6,10H2,1-4H3. The van der Waals surface area contributed by atoms with Crippen molar-refractivity contribution in [2.24, 2.45) is 0 Å². The molecule has 1 unspecified atom stereocenters. The van der Waals surface area contributed by atoms with Gasteiger partial charge in [0, 0.05) is 41.5 Å². The van der Waals surface area contributed by atoms with Crippen LogP contribution in [0.3, 0.4) is 0 Å². The maximum atomic E-state index is 13.8. The fraction of sp³-hybridized carbons (Fsp3) is 0.409. The molecule has 0 aliphatic carbocycles. The van der Waals surface area contributed by atoms with Crippen molar-refractivity contribution in [1.82, 2.24) is 19.4 Å². The smallest absolute Gasteiger partial charge is 0.410 e. The molecule has 7 nitrogen and oxygen atoms in total. The van der Waals surface area contributed by atoms with E-state index in [0.717, 1.165) is 20.8 Å². The monoisotopic (exact) mass is 555 g/mol. The van der Waals surface area contributed by atoms with Gasteiger partial charge in [0.2, 0.25) is 0 Å². The lowest BCUT2D eigenvalue weighted by atomic mass is 10.1. The van der Waals surface area contributed by atoms with Crippen molar-refractivity contribution in [2.45, 2.75) is 39.3 Å². The lowest BCUT2D eigenvalue weighted by molar-refractivity contribution is 0.0218. The topological polar surface area (TPSA) is 63.5 Å². The Labute approximate surface area is 198 Å². The number of amides is 1. The van der Waals surface area contributed by atoms with Crippen LogP contribution in [-0.2, 0) is 4.74 Å². The van der Waals surface area contributed by atoms with Gasteiger partial charge in [-0.1, -0.05) is 0 Å². The number of hydrogen-bond donors (Lipinski definition) is 0. The van der Waals surface area contributed by atoms with Crippen LogP contribution in [0.2, 0.25) is 0 Å². The molecule has 0 radical (unpaired) electrons. The summed E-state index contributed by atoms with van der Waals surface area (Å²) in [4.78, 5) is 25.2. The number of aromatic nitrogens is 3. The molecule has 3 heterocycles. The number of nitrogens with zero attached hydrogens (tertiary/aromatic N) is 5. The Kier molecular flexibility index (Phi) is 5.99. The predicted octanol–water partition coefficient (Wildman–Crippen LogP) is 4.75. The number of hydrogen-bond acceptors (Lipinski definition) is 5. The summed E-state index contributed by atoms with van der Waals surface area (Å²) in [7, 11) is 0. The van der Waals surface area contributed by atoms with Crippen LogP contribution in [0.1, 0.15) is 27.7 Å². The Hall–Kier alpha value is -2.50. The van der Waals surface area contributed by atoms with E-state index in [9.17, 15) is 13.6 Å². The third-order valence-electron chi connectivity index (χ3n) is 5.19. The predicted molar refractivity (Wildman–Crippen MR) is 126 cm³/mol. The molecular weight excluding hydrogens is 531 g/mol. The molecular formula is C22H24F2IN5O2. The van der Waals surface area contributed by atoms with E-state index in [-0.39, 0.29) is 12.1 Å². The number of carbonyl (C=O) groups excluding carboxylic acids is 1. The van der Waals surface area contributed by atoms with Crippen molar-refractivity contribution in [3.05, 3.63) is 45.9 Å². The number of anilines is 1. The van der Waals surface area contributed by atoms with E-state index in [1.807, 2.05) is 27.7 Å². The maximum Gasteiger partial charge on any atom is 0.410 e. The first kappa shape index (κ1) is 22.7. The van der Waals surface area contributed by atoms with Gasteiger partial charge >= 0.3 is 6.09 Å².